The zero-order valence-corrected chi connectivity index (χ0v) is 17.2. The maximum Gasteiger partial charge on any atom is 0.249 e. The van der Waals surface area contributed by atoms with Gasteiger partial charge in [0.2, 0.25) is 11.8 Å². The summed E-state index contributed by atoms with van der Waals surface area (Å²) >= 11 is 1.50. The number of nitrogens with one attached hydrogen (secondary N) is 1. The fraction of sp³-hybridized carbons (Fsp3) is 0.476. The molecule has 2 aliphatic rings. The Bertz CT molecular complexity index is 878. The molecule has 154 valence electrons. The van der Waals surface area contributed by atoms with Gasteiger partial charge in [-0.05, 0) is 37.5 Å². The lowest BCUT2D eigenvalue weighted by molar-refractivity contribution is -0.161. The third-order valence-electron chi connectivity index (χ3n) is 5.79. The summed E-state index contributed by atoms with van der Waals surface area (Å²) < 4.78 is 5.79. The van der Waals surface area contributed by atoms with Crippen LogP contribution >= 0.6 is 11.3 Å². The van der Waals surface area contributed by atoms with Gasteiger partial charge >= 0.3 is 0 Å². The molecule has 0 unspecified atom stereocenters. The molecule has 2 fully saturated rings. The van der Waals surface area contributed by atoms with Crippen molar-refractivity contribution >= 4 is 28.8 Å². The van der Waals surface area contributed by atoms with Gasteiger partial charge in [0.25, 0.3) is 0 Å². The summed E-state index contributed by atoms with van der Waals surface area (Å²) in [5.41, 5.74) is 4.27. The van der Waals surface area contributed by atoms with E-state index in [0.29, 0.717) is 6.54 Å². The number of carbonyl (C=O) groups is 2. The molecule has 1 aromatic heterocycles. The van der Waals surface area contributed by atoms with Gasteiger partial charge in [0, 0.05) is 16.5 Å². The van der Waals surface area contributed by atoms with Crippen LogP contribution in [0.25, 0.3) is 0 Å². The number of hydrogen-bond donors (Lipinski definition) is 2. The number of amides is 2. The molecule has 2 aromatic rings. The smallest absolute Gasteiger partial charge is 0.249 e. The van der Waals surface area contributed by atoms with E-state index in [1.807, 2.05) is 31.2 Å². The van der Waals surface area contributed by atoms with Crippen LogP contribution < -0.4 is 5.32 Å². The van der Waals surface area contributed by atoms with Crippen LogP contribution in [0.5, 0.6) is 0 Å². The molecule has 29 heavy (non-hydrogen) atoms. The quantitative estimate of drug-likeness (QED) is 0.757. The highest BCUT2D eigenvalue weighted by Crippen LogP contribution is 2.32. The third kappa shape index (κ3) is 4.19. The van der Waals surface area contributed by atoms with Gasteiger partial charge in [-0.25, -0.2) is 4.98 Å². The maximum atomic E-state index is 12.5. The molecule has 0 spiro atoms. The minimum Gasteiger partial charge on any atom is -0.394 e. The van der Waals surface area contributed by atoms with Crippen molar-refractivity contribution in [1.29, 1.82) is 0 Å². The Hall–Kier alpha value is -2.29. The number of hydrogen-bond acceptors (Lipinski definition) is 6. The molecule has 2 amide bonds. The number of rotatable bonds is 6. The van der Waals surface area contributed by atoms with Crippen LogP contribution in [0.15, 0.2) is 29.8 Å². The number of carbonyl (C=O) groups excluding carboxylic acids is 2. The maximum absolute atomic E-state index is 12.5. The van der Waals surface area contributed by atoms with Crippen LogP contribution in [0, 0.1) is 12.8 Å². The first-order chi connectivity index (χ1) is 14.1. The van der Waals surface area contributed by atoms with Crippen molar-refractivity contribution in [3.8, 4) is 0 Å². The highest BCUT2D eigenvalue weighted by atomic mass is 32.1. The Morgan fingerprint density at radius 3 is 2.69 bits per heavy atom. The van der Waals surface area contributed by atoms with Crippen LogP contribution in [0.3, 0.4) is 0 Å². The van der Waals surface area contributed by atoms with E-state index in [0.717, 1.165) is 41.1 Å². The number of thiazole rings is 1. The minimum atomic E-state index is -0.479. The molecule has 2 heterocycles. The topological polar surface area (TPSA) is 91.8 Å². The summed E-state index contributed by atoms with van der Waals surface area (Å²) in [7, 11) is 0. The van der Waals surface area contributed by atoms with E-state index < -0.39 is 12.1 Å². The van der Waals surface area contributed by atoms with E-state index in [9.17, 15) is 14.7 Å². The normalized spacial score (nSPS) is 22.4. The average molecular weight is 416 g/mol. The first kappa shape index (κ1) is 20.0. The third-order valence-corrected chi connectivity index (χ3v) is 6.70. The molecular weight excluding hydrogens is 390 g/mol. The molecule has 2 atom stereocenters. The molecule has 1 saturated heterocycles. The average Bonchev–Trinajstić information content (AvgIpc) is 3.07. The van der Waals surface area contributed by atoms with Gasteiger partial charge in [-0.2, -0.15) is 0 Å². The molecule has 7 nitrogen and oxygen atoms in total. The van der Waals surface area contributed by atoms with Crippen LogP contribution in [-0.4, -0.2) is 46.1 Å². The lowest BCUT2D eigenvalue weighted by Gasteiger charge is -2.40. The van der Waals surface area contributed by atoms with Crippen molar-refractivity contribution in [2.45, 2.75) is 44.9 Å². The van der Waals surface area contributed by atoms with Crippen LogP contribution in [0.4, 0.5) is 5.69 Å². The van der Waals surface area contributed by atoms with E-state index in [1.54, 1.807) is 10.4 Å². The van der Waals surface area contributed by atoms with Gasteiger partial charge in [-0.15, -0.1) is 11.3 Å². The Morgan fingerprint density at radius 2 is 2.10 bits per heavy atom. The number of morpholine rings is 1. The molecule has 1 aromatic carbocycles. The van der Waals surface area contributed by atoms with Crippen LogP contribution in [-0.2, 0) is 20.9 Å². The number of aryl methyl sites for hydroxylation is 1. The standard InChI is InChI=1S/C21H25N3O4S/c1-13-18(29-12-22-13)9-24-17(10-25)20(28-11-19(24)26)14-5-7-16(8-6-14)23-21(27)15-3-2-4-15/h5-8,12,15,17,20,25H,2-4,9-11H2,1H3,(H,23,27)/t17-,20-/m1/s1. The molecule has 0 bridgehead atoms. The van der Waals surface area contributed by atoms with Gasteiger partial charge in [0.15, 0.2) is 0 Å². The van der Waals surface area contributed by atoms with E-state index >= 15 is 0 Å². The summed E-state index contributed by atoms with van der Waals surface area (Å²) in [5.74, 6) is 0.0604. The fourth-order valence-corrected chi connectivity index (χ4v) is 4.50. The summed E-state index contributed by atoms with van der Waals surface area (Å²) in [6, 6.07) is 6.98. The van der Waals surface area contributed by atoms with Crippen LogP contribution in [0.2, 0.25) is 0 Å². The summed E-state index contributed by atoms with van der Waals surface area (Å²) in [4.78, 5) is 31.5. The van der Waals surface area contributed by atoms with Crippen molar-refractivity contribution in [2.75, 3.05) is 18.5 Å². The predicted octanol–water partition coefficient (Wildman–Crippen LogP) is 2.65. The number of aliphatic hydroxyl groups excluding tert-OH is 1. The molecule has 1 aliphatic carbocycles. The lowest BCUT2D eigenvalue weighted by atomic mass is 9.85. The largest absolute Gasteiger partial charge is 0.394 e. The highest BCUT2D eigenvalue weighted by molar-refractivity contribution is 7.09. The second kappa shape index (κ2) is 8.61. The first-order valence-corrected chi connectivity index (χ1v) is 10.8. The van der Waals surface area contributed by atoms with Crippen molar-refractivity contribution in [3.05, 3.63) is 45.9 Å². The van der Waals surface area contributed by atoms with Crippen molar-refractivity contribution in [2.24, 2.45) is 5.92 Å². The number of ether oxygens (including phenoxy) is 1. The highest BCUT2D eigenvalue weighted by Gasteiger charge is 2.37. The number of benzene rings is 1. The zero-order valence-electron chi connectivity index (χ0n) is 16.3. The SMILES string of the molecule is Cc1ncsc1CN1C(=O)CO[C@H](c2ccc(NC(=O)C3CCC3)cc2)[C@H]1CO. The van der Waals surface area contributed by atoms with E-state index in [1.165, 1.54) is 11.3 Å². The van der Waals surface area contributed by atoms with Crippen molar-refractivity contribution in [3.63, 3.8) is 0 Å². The zero-order chi connectivity index (χ0) is 20.4. The monoisotopic (exact) mass is 415 g/mol. The Labute approximate surface area is 173 Å². The number of nitrogens with zero attached hydrogens (tertiary/aromatic N) is 2. The molecule has 8 heteroatoms. The Balaban J connectivity index is 1.48. The van der Waals surface area contributed by atoms with Crippen LogP contribution in [0.1, 0.15) is 41.5 Å². The molecule has 1 aliphatic heterocycles. The van der Waals surface area contributed by atoms with Gasteiger partial charge in [0.1, 0.15) is 12.7 Å². The molecule has 1 saturated carbocycles. The van der Waals surface area contributed by atoms with Gasteiger partial charge in [-0.1, -0.05) is 18.6 Å². The number of anilines is 1. The first-order valence-electron chi connectivity index (χ1n) is 9.88. The van der Waals surface area contributed by atoms with E-state index in [2.05, 4.69) is 10.3 Å². The Morgan fingerprint density at radius 1 is 1.34 bits per heavy atom. The molecular formula is C21H25N3O4S. The van der Waals surface area contributed by atoms with Gasteiger partial charge in [0.05, 0.1) is 30.4 Å². The minimum absolute atomic E-state index is 0.0286. The number of aliphatic hydroxyl groups is 1. The fourth-order valence-electron chi connectivity index (χ4n) is 3.73. The van der Waals surface area contributed by atoms with Crippen molar-refractivity contribution in [1.82, 2.24) is 9.88 Å². The molecule has 2 N–H and O–H groups in total. The lowest BCUT2D eigenvalue weighted by Crippen LogP contribution is -2.52. The Kier molecular flexibility index (Phi) is 5.94. The summed E-state index contributed by atoms with van der Waals surface area (Å²) in [6.45, 7) is 2.10. The van der Waals surface area contributed by atoms with E-state index in [-0.39, 0.29) is 30.9 Å². The summed E-state index contributed by atoms with van der Waals surface area (Å²) in [6.07, 6.45) is 2.61. The van der Waals surface area contributed by atoms with Gasteiger partial charge in [-0.3, -0.25) is 9.59 Å². The summed E-state index contributed by atoms with van der Waals surface area (Å²) in [5, 5.41) is 13.0. The molecule has 4 rings (SSSR count). The molecule has 0 radical (unpaired) electrons. The second-order valence-electron chi connectivity index (χ2n) is 7.60. The second-order valence-corrected chi connectivity index (χ2v) is 8.54. The van der Waals surface area contributed by atoms with Crippen molar-refractivity contribution < 1.29 is 19.4 Å². The van der Waals surface area contributed by atoms with E-state index in [4.69, 9.17) is 4.74 Å². The number of aromatic nitrogens is 1. The van der Waals surface area contributed by atoms with Gasteiger partial charge < -0.3 is 20.1 Å². The predicted molar refractivity (Wildman–Crippen MR) is 109 cm³/mol.